The quantitative estimate of drug-likeness (QED) is 0.391. The first-order chi connectivity index (χ1) is 9.45. The van der Waals surface area contributed by atoms with Gasteiger partial charge in [-0.15, -0.1) is 6.58 Å². The molecule has 0 spiro atoms. The third-order valence-electron chi connectivity index (χ3n) is 2.87. The summed E-state index contributed by atoms with van der Waals surface area (Å²) in [6.07, 6.45) is 3.01. The molecular formula is C13H13N3O3S. The molecule has 0 aromatic carbocycles. The van der Waals surface area contributed by atoms with Gasteiger partial charge in [0.05, 0.1) is 5.69 Å². The van der Waals surface area contributed by atoms with Crippen LogP contribution in [0.2, 0.25) is 0 Å². The first kappa shape index (κ1) is 14.1. The average Bonchev–Trinajstić information content (AvgIpc) is 2.70. The van der Waals surface area contributed by atoms with Crippen molar-refractivity contribution in [1.29, 1.82) is 0 Å². The van der Waals surface area contributed by atoms with Crippen LogP contribution in [0.25, 0.3) is 6.08 Å². The number of amides is 2. The van der Waals surface area contributed by atoms with E-state index in [4.69, 9.17) is 16.7 Å². The van der Waals surface area contributed by atoms with Gasteiger partial charge in [-0.2, -0.15) is 0 Å². The fourth-order valence-electron chi connectivity index (χ4n) is 1.83. The average molecular weight is 291 g/mol. The zero-order valence-electron chi connectivity index (χ0n) is 11.1. The largest absolute Gasteiger partial charge is 0.361 e. The molecule has 0 bridgehead atoms. The van der Waals surface area contributed by atoms with Crippen LogP contribution >= 0.6 is 12.2 Å². The van der Waals surface area contributed by atoms with Crippen molar-refractivity contribution < 1.29 is 14.1 Å². The van der Waals surface area contributed by atoms with Crippen LogP contribution < -0.4 is 5.32 Å². The maximum atomic E-state index is 12.3. The van der Waals surface area contributed by atoms with Gasteiger partial charge in [0, 0.05) is 12.1 Å². The summed E-state index contributed by atoms with van der Waals surface area (Å²) in [7, 11) is 0. The Labute approximate surface area is 121 Å². The van der Waals surface area contributed by atoms with E-state index in [1.807, 2.05) is 0 Å². The van der Waals surface area contributed by atoms with Gasteiger partial charge in [-0.3, -0.25) is 19.8 Å². The third kappa shape index (κ3) is 2.39. The van der Waals surface area contributed by atoms with E-state index in [-0.39, 0.29) is 17.2 Å². The summed E-state index contributed by atoms with van der Waals surface area (Å²) in [5.74, 6) is -0.446. The van der Waals surface area contributed by atoms with Gasteiger partial charge >= 0.3 is 0 Å². The van der Waals surface area contributed by atoms with E-state index in [0.717, 1.165) is 0 Å². The highest BCUT2D eigenvalue weighted by atomic mass is 32.1. The van der Waals surface area contributed by atoms with Gasteiger partial charge in [0.2, 0.25) is 0 Å². The van der Waals surface area contributed by atoms with Crippen molar-refractivity contribution in [2.75, 3.05) is 6.54 Å². The molecule has 20 heavy (non-hydrogen) atoms. The Bertz CT molecular complexity index is 626. The summed E-state index contributed by atoms with van der Waals surface area (Å²) in [6.45, 7) is 7.24. The van der Waals surface area contributed by atoms with E-state index in [9.17, 15) is 9.59 Å². The van der Waals surface area contributed by atoms with Crippen molar-refractivity contribution in [2.24, 2.45) is 0 Å². The van der Waals surface area contributed by atoms with E-state index in [0.29, 0.717) is 17.0 Å². The second kappa shape index (κ2) is 5.38. The molecule has 6 nitrogen and oxygen atoms in total. The van der Waals surface area contributed by atoms with E-state index >= 15 is 0 Å². The molecule has 1 saturated heterocycles. The van der Waals surface area contributed by atoms with E-state index < -0.39 is 11.8 Å². The normalized spacial score (nSPS) is 17.6. The Kier molecular flexibility index (Phi) is 3.80. The van der Waals surface area contributed by atoms with Crippen molar-refractivity contribution in [3.63, 3.8) is 0 Å². The number of carbonyl (C=O) groups is 2. The van der Waals surface area contributed by atoms with Crippen LogP contribution in [0.3, 0.4) is 0 Å². The number of rotatable bonds is 3. The summed E-state index contributed by atoms with van der Waals surface area (Å²) in [5.41, 5.74) is 1.23. The molecule has 1 aromatic rings. The van der Waals surface area contributed by atoms with Gasteiger partial charge < -0.3 is 4.52 Å². The minimum atomic E-state index is -0.527. The van der Waals surface area contributed by atoms with Crippen molar-refractivity contribution in [3.8, 4) is 0 Å². The van der Waals surface area contributed by atoms with Crippen LogP contribution in [0.1, 0.15) is 17.0 Å². The molecule has 1 aliphatic heterocycles. The van der Waals surface area contributed by atoms with Crippen molar-refractivity contribution in [2.45, 2.75) is 13.8 Å². The number of aromatic nitrogens is 1. The molecule has 1 fully saturated rings. The molecule has 7 heteroatoms. The summed E-state index contributed by atoms with van der Waals surface area (Å²) >= 11 is 4.97. The molecule has 104 valence electrons. The topological polar surface area (TPSA) is 75.4 Å². The van der Waals surface area contributed by atoms with Crippen LogP contribution in [0.4, 0.5) is 0 Å². The summed E-state index contributed by atoms with van der Waals surface area (Å²) < 4.78 is 5.01. The Morgan fingerprint density at radius 1 is 1.45 bits per heavy atom. The summed E-state index contributed by atoms with van der Waals surface area (Å²) in [6, 6.07) is 0. The van der Waals surface area contributed by atoms with E-state index in [1.165, 1.54) is 17.1 Å². The SMILES string of the molecule is C=CCN1C(=O)C(=Cc2c(C)noc2C)C(=O)NC1=S. The number of carbonyl (C=O) groups excluding carboxylic acids is 2. The Morgan fingerprint density at radius 2 is 2.15 bits per heavy atom. The van der Waals surface area contributed by atoms with Crippen LogP contribution in [-0.4, -0.2) is 33.5 Å². The smallest absolute Gasteiger partial charge is 0.265 e. The molecule has 2 heterocycles. The van der Waals surface area contributed by atoms with E-state index in [2.05, 4.69) is 17.1 Å². The fourth-order valence-corrected chi connectivity index (χ4v) is 2.08. The third-order valence-corrected chi connectivity index (χ3v) is 3.20. The van der Waals surface area contributed by atoms with Crippen molar-refractivity contribution >= 4 is 35.2 Å². The van der Waals surface area contributed by atoms with Gasteiger partial charge in [0.25, 0.3) is 11.8 Å². The van der Waals surface area contributed by atoms with E-state index in [1.54, 1.807) is 13.8 Å². The minimum Gasteiger partial charge on any atom is -0.361 e. The first-order valence-electron chi connectivity index (χ1n) is 5.88. The molecular weight excluding hydrogens is 278 g/mol. The van der Waals surface area contributed by atoms with Gasteiger partial charge in [-0.05, 0) is 32.1 Å². The van der Waals surface area contributed by atoms with Crippen LogP contribution in [0.15, 0.2) is 22.8 Å². The van der Waals surface area contributed by atoms with Crippen LogP contribution in [-0.2, 0) is 9.59 Å². The first-order valence-corrected chi connectivity index (χ1v) is 6.29. The number of hydrogen-bond acceptors (Lipinski definition) is 5. The predicted molar refractivity (Wildman–Crippen MR) is 76.6 cm³/mol. The monoisotopic (exact) mass is 291 g/mol. The molecule has 0 radical (unpaired) electrons. The molecule has 0 unspecified atom stereocenters. The lowest BCUT2D eigenvalue weighted by Crippen LogP contribution is -2.53. The lowest BCUT2D eigenvalue weighted by Gasteiger charge is -2.27. The minimum absolute atomic E-state index is 0.00477. The lowest BCUT2D eigenvalue weighted by atomic mass is 10.1. The van der Waals surface area contributed by atoms with Gasteiger partial charge in [-0.1, -0.05) is 11.2 Å². The number of hydrogen-bond donors (Lipinski definition) is 1. The fraction of sp³-hybridized carbons (Fsp3) is 0.231. The molecule has 0 atom stereocenters. The van der Waals surface area contributed by atoms with Crippen LogP contribution in [0, 0.1) is 13.8 Å². The maximum Gasteiger partial charge on any atom is 0.265 e. The van der Waals surface area contributed by atoms with Gasteiger partial charge in [0.15, 0.2) is 5.11 Å². The lowest BCUT2D eigenvalue weighted by molar-refractivity contribution is -0.128. The molecule has 0 aliphatic carbocycles. The van der Waals surface area contributed by atoms with Crippen LogP contribution in [0.5, 0.6) is 0 Å². The van der Waals surface area contributed by atoms with Crippen molar-refractivity contribution in [3.05, 3.63) is 35.2 Å². The zero-order chi connectivity index (χ0) is 14.9. The summed E-state index contributed by atoms with van der Waals surface area (Å²) in [4.78, 5) is 25.5. The standard InChI is InChI=1S/C13H13N3O3S/c1-4-5-16-12(18)10(11(17)14-13(16)20)6-9-7(2)15-19-8(9)3/h4,6H,1,5H2,2-3H3,(H,14,17,20). The number of aryl methyl sites for hydroxylation is 2. The Morgan fingerprint density at radius 3 is 2.70 bits per heavy atom. The second-order valence-electron chi connectivity index (χ2n) is 4.26. The molecule has 0 saturated carbocycles. The van der Waals surface area contributed by atoms with Gasteiger partial charge in [-0.25, -0.2) is 0 Å². The molecule has 2 amide bonds. The number of nitrogens with zero attached hydrogens (tertiary/aromatic N) is 2. The second-order valence-corrected chi connectivity index (χ2v) is 4.65. The highest BCUT2D eigenvalue weighted by molar-refractivity contribution is 7.80. The predicted octanol–water partition coefficient (Wildman–Crippen LogP) is 1.10. The number of thiocarbonyl (C=S) groups is 1. The van der Waals surface area contributed by atoms with Crippen molar-refractivity contribution in [1.82, 2.24) is 15.4 Å². The molecule has 2 rings (SSSR count). The Balaban J connectivity index is 2.44. The van der Waals surface area contributed by atoms with Gasteiger partial charge in [0.1, 0.15) is 11.3 Å². The number of nitrogens with one attached hydrogen (secondary N) is 1. The molecule has 1 N–H and O–H groups in total. The zero-order valence-corrected chi connectivity index (χ0v) is 11.9. The molecule has 1 aromatic heterocycles. The highest BCUT2D eigenvalue weighted by Gasteiger charge is 2.33. The highest BCUT2D eigenvalue weighted by Crippen LogP contribution is 2.19. The maximum absolute atomic E-state index is 12.3. The summed E-state index contributed by atoms with van der Waals surface area (Å²) in [5, 5.41) is 6.34. The Hall–Kier alpha value is -2.28. The molecule has 1 aliphatic rings.